The van der Waals surface area contributed by atoms with E-state index >= 15 is 0 Å². The molecule has 1 unspecified atom stereocenters. The third-order valence-corrected chi connectivity index (χ3v) is 7.42. The highest BCUT2D eigenvalue weighted by atomic mass is 32.1. The molecule has 10 heteroatoms. The molecule has 1 aromatic heterocycles. The van der Waals surface area contributed by atoms with Crippen molar-refractivity contribution in [3.8, 4) is 0 Å². The molecule has 1 fully saturated rings. The fourth-order valence-corrected chi connectivity index (χ4v) is 5.25. The number of ether oxygens (including phenoxy) is 1. The van der Waals surface area contributed by atoms with E-state index in [1.165, 1.54) is 17.4 Å². The summed E-state index contributed by atoms with van der Waals surface area (Å²) in [4.78, 5) is 42.1. The predicted octanol–water partition coefficient (Wildman–Crippen LogP) is 1.94. The van der Waals surface area contributed by atoms with Crippen molar-refractivity contribution in [1.29, 1.82) is 5.41 Å². The van der Waals surface area contributed by atoms with E-state index in [1.54, 1.807) is 17.0 Å². The fourth-order valence-electron chi connectivity index (χ4n) is 4.18. The van der Waals surface area contributed by atoms with Gasteiger partial charge in [0.2, 0.25) is 5.91 Å². The van der Waals surface area contributed by atoms with Gasteiger partial charge in [0.05, 0.1) is 17.5 Å². The lowest BCUT2D eigenvalue weighted by Gasteiger charge is -2.30. The van der Waals surface area contributed by atoms with Crippen molar-refractivity contribution in [3.05, 3.63) is 50.7 Å². The zero-order valence-electron chi connectivity index (χ0n) is 19.1. The first-order valence-electron chi connectivity index (χ1n) is 11.4. The molecule has 180 valence electrons. The van der Waals surface area contributed by atoms with Gasteiger partial charge in [0.1, 0.15) is 6.04 Å². The monoisotopic (exact) mass is 483 g/mol. The summed E-state index contributed by atoms with van der Waals surface area (Å²) < 4.78 is 5.32. The molecular formula is C24H29N5O4S. The maximum atomic E-state index is 13.2. The van der Waals surface area contributed by atoms with Crippen LogP contribution in [0.15, 0.2) is 24.3 Å². The van der Waals surface area contributed by atoms with Gasteiger partial charge in [-0.15, -0.1) is 11.3 Å². The summed E-state index contributed by atoms with van der Waals surface area (Å²) in [5.74, 6) is -0.629. The van der Waals surface area contributed by atoms with E-state index in [0.717, 1.165) is 23.1 Å². The molecule has 5 N–H and O–H groups in total. The highest BCUT2D eigenvalue weighted by Gasteiger charge is 2.30. The summed E-state index contributed by atoms with van der Waals surface area (Å²) in [5.41, 5.74) is 8.00. The number of thiophene rings is 1. The molecule has 9 nitrogen and oxygen atoms in total. The maximum absolute atomic E-state index is 13.2. The molecule has 0 saturated carbocycles. The maximum Gasteiger partial charge on any atom is 0.261 e. The number of anilines is 1. The van der Waals surface area contributed by atoms with Gasteiger partial charge in [-0.25, -0.2) is 0 Å². The first kappa shape index (κ1) is 23.9. The Hall–Kier alpha value is -3.24. The largest absolute Gasteiger partial charge is 0.398 e. The molecule has 0 aliphatic carbocycles. The molecule has 4 rings (SSSR count). The Morgan fingerprint density at radius 2 is 2.15 bits per heavy atom. The Labute approximate surface area is 202 Å². The van der Waals surface area contributed by atoms with Crippen LogP contribution in [0.4, 0.5) is 5.69 Å². The third-order valence-electron chi connectivity index (χ3n) is 6.18. The molecule has 2 aliphatic heterocycles. The minimum absolute atomic E-state index is 0.0507. The van der Waals surface area contributed by atoms with Crippen molar-refractivity contribution in [2.75, 3.05) is 25.5 Å². The molecular weight excluding hydrogens is 454 g/mol. The number of nitrogen functional groups attached to an aromatic ring is 1. The summed E-state index contributed by atoms with van der Waals surface area (Å²) >= 11 is 1.48. The summed E-state index contributed by atoms with van der Waals surface area (Å²) in [7, 11) is 0. The number of hydrogen-bond donors (Lipinski definition) is 4. The standard InChI is InChI=1S/C24H29N5O4S/c1-2-19(28-22(30)14-3-4-18(26)15(9-14)11-25)24(32)29-7-5-20-16(12-29)10-21(34-20)23(31)27-17-6-8-33-13-17/h3-4,9-11,17,19,25H,2,5-8,12-13,26H2,1H3,(H,27,31)(H,28,30)/t17?,19-/m1/s1. The SMILES string of the molecule is CC[C@@H](NC(=O)c1ccc(N)c(C=N)c1)C(=O)N1CCc2sc(C(=O)NC3CCOC3)cc2C1. The van der Waals surface area contributed by atoms with Crippen LogP contribution in [0, 0.1) is 5.41 Å². The first-order chi connectivity index (χ1) is 16.4. The summed E-state index contributed by atoms with van der Waals surface area (Å²) in [6.45, 7) is 4.01. The number of hydrogen-bond acceptors (Lipinski definition) is 7. The summed E-state index contributed by atoms with van der Waals surface area (Å²) in [6.07, 6.45) is 3.04. The van der Waals surface area contributed by atoms with Gasteiger partial charge in [-0.05, 0) is 49.1 Å². The Morgan fingerprint density at radius 1 is 1.32 bits per heavy atom. The van der Waals surface area contributed by atoms with Gasteiger partial charge in [-0.1, -0.05) is 6.92 Å². The second kappa shape index (κ2) is 10.4. The second-order valence-corrected chi connectivity index (χ2v) is 9.66. The summed E-state index contributed by atoms with van der Waals surface area (Å²) in [6, 6.07) is 5.95. The van der Waals surface area contributed by atoms with Crippen LogP contribution in [0.1, 0.15) is 55.8 Å². The Bertz CT molecular complexity index is 1110. The van der Waals surface area contributed by atoms with Gasteiger partial charge in [-0.3, -0.25) is 14.4 Å². The molecule has 3 amide bonds. The number of nitrogens with zero attached hydrogens (tertiary/aromatic N) is 1. The molecule has 0 spiro atoms. The average Bonchev–Trinajstić information content (AvgIpc) is 3.51. The van der Waals surface area contributed by atoms with E-state index in [4.69, 9.17) is 15.9 Å². The second-order valence-electron chi connectivity index (χ2n) is 8.53. The van der Waals surface area contributed by atoms with Gasteiger partial charge in [-0.2, -0.15) is 0 Å². The lowest BCUT2D eigenvalue weighted by Crippen LogP contribution is -2.49. The molecule has 2 aromatic rings. The highest BCUT2D eigenvalue weighted by molar-refractivity contribution is 7.14. The summed E-state index contributed by atoms with van der Waals surface area (Å²) in [5, 5.41) is 13.2. The minimum Gasteiger partial charge on any atom is -0.398 e. The van der Waals surface area contributed by atoms with Crippen molar-refractivity contribution < 1.29 is 19.1 Å². The normalized spacial score (nSPS) is 18.1. The zero-order valence-corrected chi connectivity index (χ0v) is 19.9. The van der Waals surface area contributed by atoms with E-state index in [1.807, 2.05) is 13.0 Å². The van der Waals surface area contributed by atoms with E-state index in [0.29, 0.717) is 60.8 Å². The fraction of sp³-hybridized carbons (Fsp3) is 0.417. The minimum atomic E-state index is -0.668. The number of rotatable bonds is 7. The number of benzene rings is 1. The number of carbonyl (C=O) groups excluding carboxylic acids is 3. The van der Waals surface area contributed by atoms with Crippen LogP contribution in [0.3, 0.4) is 0 Å². The van der Waals surface area contributed by atoms with Gasteiger partial charge < -0.3 is 31.4 Å². The molecule has 34 heavy (non-hydrogen) atoms. The third kappa shape index (κ3) is 5.13. The van der Waals surface area contributed by atoms with Gasteiger partial charge in [0.25, 0.3) is 11.8 Å². The number of nitrogens with two attached hydrogens (primary N) is 1. The van der Waals surface area contributed by atoms with E-state index in [-0.39, 0.29) is 23.8 Å². The van der Waals surface area contributed by atoms with Gasteiger partial charge in [0.15, 0.2) is 0 Å². The molecule has 0 radical (unpaired) electrons. The van der Waals surface area contributed by atoms with Gasteiger partial charge >= 0.3 is 0 Å². The Morgan fingerprint density at radius 3 is 2.85 bits per heavy atom. The lowest BCUT2D eigenvalue weighted by atomic mass is 10.1. The zero-order chi connectivity index (χ0) is 24.2. The molecule has 3 heterocycles. The quantitative estimate of drug-likeness (QED) is 0.352. The lowest BCUT2D eigenvalue weighted by molar-refractivity contribution is -0.134. The number of fused-ring (bicyclic) bond motifs is 1. The molecule has 2 aliphatic rings. The van der Waals surface area contributed by atoms with Crippen molar-refractivity contribution in [3.63, 3.8) is 0 Å². The Kier molecular flexibility index (Phi) is 7.28. The average molecular weight is 484 g/mol. The topological polar surface area (TPSA) is 138 Å². The van der Waals surface area contributed by atoms with Gasteiger partial charge in [0, 0.05) is 47.6 Å². The molecule has 0 bridgehead atoms. The number of nitrogens with one attached hydrogen (secondary N) is 3. The van der Waals surface area contributed by atoms with Crippen molar-refractivity contribution in [1.82, 2.24) is 15.5 Å². The number of amides is 3. The molecule has 1 aromatic carbocycles. The van der Waals surface area contributed by atoms with Crippen LogP contribution in [0.25, 0.3) is 0 Å². The smallest absolute Gasteiger partial charge is 0.261 e. The van der Waals surface area contributed by atoms with Crippen LogP contribution in [-0.2, 0) is 22.5 Å². The van der Waals surface area contributed by atoms with Crippen molar-refractivity contribution >= 4 is 41.0 Å². The van der Waals surface area contributed by atoms with Crippen LogP contribution in [0.5, 0.6) is 0 Å². The predicted molar refractivity (Wildman–Crippen MR) is 130 cm³/mol. The van der Waals surface area contributed by atoms with Crippen LogP contribution >= 0.6 is 11.3 Å². The Balaban J connectivity index is 1.40. The van der Waals surface area contributed by atoms with E-state index in [2.05, 4.69) is 10.6 Å². The number of carbonyl (C=O) groups is 3. The van der Waals surface area contributed by atoms with Crippen LogP contribution in [0.2, 0.25) is 0 Å². The van der Waals surface area contributed by atoms with Crippen molar-refractivity contribution in [2.24, 2.45) is 0 Å². The van der Waals surface area contributed by atoms with Crippen LogP contribution in [-0.4, -0.2) is 60.7 Å². The molecule has 1 saturated heterocycles. The van der Waals surface area contributed by atoms with E-state index < -0.39 is 6.04 Å². The molecule has 2 atom stereocenters. The first-order valence-corrected chi connectivity index (χ1v) is 12.2. The van der Waals surface area contributed by atoms with E-state index in [9.17, 15) is 14.4 Å². The van der Waals surface area contributed by atoms with Crippen LogP contribution < -0.4 is 16.4 Å². The van der Waals surface area contributed by atoms with Crippen molar-refractivity contribution in [2.45, 2.75) is 44.8 Å². The highest BCUT2D eigenvalue weighted by Crippen LogP contribution is 2.29.